The first-order valence-electron chi connectivity index (χ1n) is 16.5. The first-order chi connectivity index (χ1) is 24.4. The summed E-state index contributed by atoms with van der Waals surface area (Å²) in [6.45, 7) is 8.71. The lowest BCUT2D eigenvalue weighted by atomic mass is 9.98. The molecule has 2 aromatic carbocycles. The summed E-state index contributed by atoms with van der Waals surface area (Å²) < 4.78 is 54.4. The van der Waals surface area contributed by atoms with Crippen LogP contribution in [0.25, 0.3) is 11.1 Å². The van der Waals surface area contributed by atoms with Crippen molar-refractivity contribution in [3.05, 3.63) is 130 Å². The van der Waals surface area contributed by atoms with Gasteiger partial charge in [-0.25, -0.2) is 4.39 Å². The Hall–Kier alpha value is -4.82. The fourth-order valence-electron chi connectivity index (χ4n) is 5.50. The van der Waals surface area contributed by atoms with Gasteiger partial charge in [0.25, 0.3) is 5.56 Å². The summed E-state index contributed by atoms with van der Waals surface area (Å²) in [5, 5.41) is 7.13. The zero-order valence-corrected chi connectivity index (χ0v) is 29.3. The van der Waals surface area contributed by atoms with Crippen LogP contribution in [0.1, 0.15) is 54.6 Å². The highest BCUT2D eigenvalue weighted by Crippen LogP contribution is 2.31. The molecule has 3 heterocycles. The van der Waals surface area contributed by atoms with Crippen LogP contribution in [0, 0.1) is 5.82 Å². The van der Waals surface area contributed by atoms with Crippen LogP contribution in [0.15, 0.2) is 95.4 Å². The summed E-state index contributed by atoms with van der Waals surface area (Å²) in [5.74, 6) is -0.507. The second-order valence-electron chi connectivity index (χ2n) is 12.0. The van der Waals surface area contributed by atoms with Gasteiger partial charge in [-0.3, -0.25) is 19.7 Å². The zero-order valence-electron chi connectivity index (χ0n) is 28.5. The van der Waals surface area contributed by atoms with E-state index in [1.807, 2.05) is 6.92 Å². The Kier molecular flexibility index (Phi) is 12.4. The third-order valence-corrected chi connectivity index (χ3v) is 9.78. The number of carbonyl (C=O) groups excluding carboxylic acids is 1. The van der Waals surface area contributed by atoms with E-state index in [2.05, 4.69) is 38.9 Å². The van der Waals surface area contributed by atoms with Gasteiger partial charge in [0.15, 0.2) is 5.16 Å². The van der Waals surface area contributed by atoms with Gasteiger partial charge < -0.3 is 14.4 Å². The Labute approximate surface area is 297 Å². The highest BCUT2D eigenvalue weighted by Gasteiger charge is 2.30. The summed E-state index contributed by atoms with van der Waals surface area (Å²) >= 11 is 1.28. The number of likely N-dealkylation sites (N-methyl/N-ethyl adjacent to an activating group) is 1. The van der Waals surface area contributed by atoms with Crippen LogP contribution < -0.4 is 5.56 Å². The fourth-order valence-corrected chi connectivity index (χ4v) is 6.42. The van der Waals surface area contributed by atoms with Crippen molar-refractivity contribution in [1.29, 1.82) is 0 Å². The standard InChI is InChI=1S/C37H39F4N7O2S/c1-4-46(5-2)16-17-47(21-32-15-10-28(18-42-32)27-8-11-30(12-9-27)37(39,40)41)34(49)23-48-22-33(25(3)29-19-43-44-20-29)35(50)45-36(48)51-24-26-6-13-31(38)14-7-26/h6-15,18-20,22,25H,4-5,16-17,21,23-24H2,1-3H3,(H,43,44). The molecule has 1 atom stereocenters. The third kappa shape index (κ3) is 9.91. The number of aromatic amines is 1. The largest absolute Gasteiger partial charge is 0.416 e. The number of hydrogen-bond donors (Lipinski definition) is 1. The maximum Gasteiger partial charge on any atom is 0.416 e. The number of hydrogen-bond acceptors (Lipinski definition) is 7. The monoisotopic (exact) mass is 721 g/mol. The molecule has 5 aromatic rings. The van der Waals surface area contributed by atoms with Crippen molar-refractivity contribution < 1.29 is 22.4 Å². The Bertz CT molecular complexity index is 1930. The molecule has 1 unspecified atom stereocenters. The average Bonchev–Trinajstić information content (AvgIpc) is 3.67. The molecule has 0 fully saturated rings. The highest BCUT2D eigenvalue weighted by atomic mass is 32.2. The van der Waals surface area contributed by atoms with Gasteiger partial charge in [-0.05, 0) is 60.1 Å². The van der Waals surface area contributed by atoms with E-state index in [1.54, 1.807) is 58.5 Å². The van der Waals surface area contributed by atoms with Gasteiger partial charge in [-0.2, -0.15) is 23.3 Å². The lowest BCUT2D eigenvalue weighted by molar-refractivity contribution is -0.137. The normalized spacial score (nSPS) is 12.3. The van der Waals surface area contributed by atoms with E-state index < -0.39 is 17.3 Å². The molecule has 0 spiro atoms. The minimum absolute atomic E-state index is 0.105. The molecule has 0 radical (unpaired) electrons. The van der Waals surface area contributed by atoms with Crippen LogP contribution >= 0.6 is 11.8 Å². The van der Waals surface area contributed by atoms with E-state index in [1.165, 1.54) is 36.0 Å². The SMILES string of the molecule is CCN(CC)CCN(Cc1ccc(-c2ccc(C(F)(F)F)cc2)cn1)C(=O)Cn1cc(C(C)c2cn[nH]c2)c(=O)nc1SCc1ccc(F)cc1. The zero-order chi connectivity index (χ0) is 36.5. The van der Waals surface area contributed by atoms with Gasteiger partial charge in [0.05, 0.1) is 24.0 Å². The molecule has 268 valence electrons. The van der Waals surface area contributed by atoms with Crippen molar-refractivity contribution in [2.45, 2.75) is 56.9 Å². The Morgan fingerprint density at radius 2 is 1.67 bits per heavy atom. The van der Waals surface area contributed by atoms with Crippen molar-refractivity contribution in [3.63, 3.8) is 0 Å². The topological polar surface area (TPSA) is 100 Å². The third-order valence-electron chi connectivity index (χ3n) is 8.71. The Morgan fingerprint density at radius 1 is 0.961 bits per heavy atom. The number of aromatic nitrogens is 5. The van der Waals surface area contributed by atoms with Crippen molar-refractivity contribution in [1.82, 2.24) is 34.5 Å². The molecule has 3 aromatic heterocycles. The number of carbonyl (C=O) groups is 1. The maximum absolute atomic E-state index is 14.2. The number of rotatable bonds is 15. The van der Waals surface area contributed by atoms with E-state index in [9.17, 15) is 27.2 Å². The molecule has 51 heavy (non-hydrogen) atoms. The van der Waals surface area contributed by atoms with Crippen LogP contribution in [0.4, 0.5) is 17.6 Å². The minimum atomic E-state index is -4.42. The predicted molar refractivity (Wildman–Crippen MR) is 188 cm³/mol. The van der Waals surface area contributed by atoms with Gasteiger partial charge >= 0.3 is 6.18 Å². The summed E-state index contributed by atoms with van der Waals surface area (Å²) in [6.07, 6.45) is 2.19. The lowest BCUT2D eigenvalue weighted by Crippen LogP contribution is -2.40. The molecule has 1 amide bonds. The number of amides is 1. The van der Waals surface area contributed by atoms with Crippen molar-refractivity contribution in [2.75, 3.05) is 26.2 Å². The lowest BCUT2D eigenvalue weighted by Gasteiger charge is -2.27. The number of H-pyrrole nitrogens is 1. The number of nitrogens with zero attached hydrogens (tertiary/aromatic N) is 6. The van der Waals surface area contributed by atoms with E-state index in [4.69, 9.17) is 0 Å². The molecule has 0 saturated carbocycles. The average molecular weight is 722 g/mol. The molecule has 0 saturated heterocycles. The smallest absolute Gasteiger partial charge is 0.334 e. The second kappa shape index (κ2) is 16.9. The van der Waals surface area contributed by atoms with Gasteiger partial charge in [-0.15, -0.1) is 0 Å². The van der Waals surface area contributed by atoms with Gasteiger partial charge in [0.2, 0.25) is 5.91 Å². The number of alkyl halides is 3. The first-order valence-corrected chi connectivity index (χ1v) is 17.5. The summed E-state index contributed by atoms with van der Waals surface area (Å²) in [5.41, 5.74) is 2.74. The Morgan fingerprint density at radius 3 is 2.27 bits per heavy atom. The van der Waals surface area contributed by atoms with E-state index in [-0.39, 0.29) is 30.7 Å². The van der Waals surface area contributed by atoms with Crippen LogP contribution in [-0.4, -0.2) is 66.6 Å². The van der Waals surface area contributed by atoms with E-state index >= 15 is 0 Å². The molecular weight excluding hydrogens is 683 g/mol. The van der Waals surface area contributed by atoms with E-state index in [0.29, 0.717) is 46.4 Å². The summed E-state index contributed by atoms with van der Waals surface area (Å²) in [6, 6.07) is 14.5. The van der Waals surface area contributed by atoms with Crippen molar-refractivity contribution in [2.24, 2.45) is 0 Å². The molecule has 0 aliphatic heterocycles. The van der Waals surface area contributed by atoms with Crippen LogP contribution in [-0.2, 0) is 29.8 Å². The molecular formula is C37H39F4N7O2S. The van der Waals surface area contributed by atoms with Crippen LogP contribution in [0.2, 0.25) is 0 Å². The minimum Gasteiger partial charge on any atom is -0.334 e. The summed E-state index contributed by atoms with van der Waals surface area (Å²) in [4.78, 5) is 40.3. The molecule has 14 heteroatoms. The highest BCUT2D eigenvalue weighted by molar-refractivity contribution is 7.98. The van der Waals surface area contributed by atoms with E-state index in [0.717, 1.165) is 36.3 Å². The second-order valence-corrected chi connectivity index (χ2v) is 13.0. The fraction of sp³-hybridized carbons (Fsp3) is 0.324. The number of pyridine rings is 1. The first kappa shape index (κ1) is 37.4. The van der Waals surface area contributed by atoms with Crippen molar-refractivity contribution >= 4 is 17.7 Å². The molecule has 0 aliphatic rings. The van der Waals surface area contributed by atoms with Crippen LogP contribution in [0.3, 0.4) is 0 Å². The predicted octanol–water partition coefficient (Wildman–Crippen LogP) is 7.00. The van der Waals surface area contributed by atoms with Gasteiger partial charge in [0, 0.05) is 54.5 Å². The number of benzene rings is 2. The number of halogens is 4. The molecule has 5 rings (SSSR count). The van der Waals surface area contributed by atoms with Gasteiger partial charge in [-0.1, -0.05) is 62.9 Å². The molecule has 1 N–H and O–H groups in total. The molecule has 0 bridgehead atoms. The van der Waals surface area contributed by atoms with Crippen molar-refractivity contribution in [3.8, 4) is 11.1 Å². The molecule has 9 nitrogen and oxygen atoms in total. The van der Waals surface area contributed by atoms with Crippen LogP contribution in [0.5, 0.6) is 0 Å². The van der Waals surface area contributed by atoms with Gasteiger partial charge in [0.1, 0.15) is 12.4 Å². The number of nitrogens with one attached hydrogen (secondary N) is 1. The maximum atomic E-state index is 14.2. The number of thioether (sulfide) groups is 1. The quantitative estimate of drug-likeness (QED) is 0.0706. The summed E-state index contributed by atoms with van der Waals surface area (Å²) in [7, 11) is 0. The molecule has 0 aliphatic carbocycles. The Balaban J connectivity index is 1.41.